The summed E-state index contributed by atoms with van der Waals surface area (Å²) in [7, 11) is 0. The standard InChI is InChI=1S/C19H17N3O3/c23-18(9-8-15-7-4-10-24-15)22-11-16(14-5-2-1-3-6-14)17(12-22)19-20-13-25-21-19/h1-10,13,16-17H,11-12H2/b9-8+/t16-,17+/m1/s1. The van der Waals surface area contributed by atoms with Crippen molar-refractivity contribution in [2.45, 2.75) is 11.8 Å². The summed E-state index contributed by atoms with van der Waals surface area (Å²) in [5.74, 6) is 1.39. The molecule has 25 heavy (non-hydrogen) atoms. The molecule has 3 heterocycles. The van der Waals surface area contributed by atoms with Crippen LogP contribution in [0.2, 0.25) is 0 Å². The fourth-order valence-electron chi connectivity index (χ4n) is 3.27. The molecule has 0 N–H and O–H groups in total. The molecule has 1 aromatic carbocycles. The van der Waals surface area contributed by atoms with Crippen molar-refractivity contribution in [3.8, 4) is 0 Å². The monoisotopic (exact) mass is 335 g/mol. The van der Waals surface area contributed by atoms with Crippen molar-refractivity contribution in [1.29, 1.82) is 0 Å². The Hall–Kier alpha value is -3.15. The van der Waals surface area contributed by atoms with Crippen LogP contribution in [0.25, 0.3) is 6.08 Å². The van der Waals surface area contributed by atoms with Gasteiger partial charge in [0.25, 0.3) is 0 Å². The van der Waals surface area contributed by atoms with Crippen LogP contribution in [0.3, 0.4) is 0 Å². The average Bonchev–Trinajstić information content (AvgIpc) is 3.41. The van der Waals surface area contributed by atoms with Gasteiger partial charge in [-0.05, 0) is 23.8 Å². The van der Waals surface area contributed by atoms with E-state index in [9.17, 15) is 4.79 Å². The van der Waals surface area contributed by atoms with Crippen molar-refractivity contribution in [1.82, 2.24) is 15.0 Å². The molecular formula is C19H17N3O3. The number of carbonyl (C=O) groups is 1. The number of benzene rings is 1. The Labute approximate surface area is 144 Å². The van der Waals surface area contributed by atoms with E-state index < -0.39 is 0 Å². The number of hydrogen-bond acceptors (Lipinski definition) is 5. The number of hydrogen-bond donors (Lipinski definition) is 0. The molecule has 1 aliphatic rings. The summed E-state index contributed by atoms with van der Waals surface area (Å²) in [5, 5.41) is 4.00. The Bertz CT molecular complexity index is 841. The normalized spacial score (nSPS) is 20.4. The van der Waals surface area contributed by atoms with Crippen molar-refractivity contribution in [3.63, 3.8) is 0 Å². The summed E-state index contributed by atoms with van der Waals surface area (Å²) in [6.07, 6.45) is 6.14. The number of aromatic nitrogens is 2. The Kier molecular flexibility index (Phi) is 4.16. The van der Waals surface area contributed by atoms with Gasteiger partial charge in [0.05, 0.1) is 6.26 Å². The van der Waals surface area contributed by atoms with Gasteiger partial charge in [-0.2, -0.15) is 4.98 Å². The van der Waals surface area contributed by atoms with E-state index in [2.05, 4.69) is 22.3 Å². The summed E-state index contributed by atoms with van der Waals surface area (Å²) >= 11 is 0. The Morgan fingerprint density at radius 2 is 1.96 bits per heavy atom. The lowest BCUT2D eigenvalue weighted by Crippen LogP contribution is -2.27. The van der Waals surface area contributed by atoms with Crippen molar-refractivity contribution in [3.05, 3.63) is 78.3 Å². The van der Waals surface area contributed by atoms with Crippen LogP contribution in [0.1, 0.15) is 29.0 Å². The Morgan fingerprint density at radius 3 is 2.68 bits per heavy atom. The predicted octanol–water partition coefficient (Wildman–Crippen LogP) is 3.09. The minimum absolute atomic E-state index is 0.0158. The van der Waals surface area contributed by atoms with E-state index in [-0.39, 0.29) is 17.7 Å². The van der Waals surface area contributed by atoms with Crippen LogP contribution < -0.4 is 0 Å². The third-order valence-corrected chi connectivity index (χ3v) is 4.50. The Morgan fingerprint density at radius 1 is 1.12 bits per heavy atom. The molecule has 0 bridgehead atoms. The first-order valence-electron chi connectivity index (χ1n) is 8.13. The maximum atomic E-state index is 12.6. The number of carbonyl (C=O) groups excluding carboxylic acids is 1. The van der Waals surface area contributed by atoms with Crippen molar-refractivity contribution in [2.75, 3.05) is 13.1 Å². The molecule has 4 rings (SSSR count). The van der Waals surface area contributed by atoms with Gasteiger partial charge < -0.3 is 13.8 Å². The van der Waals surface area contributed by atoms with Gasteiger partial charge in [-0.15, -0.1) is 0 Å². The zero-order valence-electron chi connectivity index (χ0n) is 13.5. The maximum absolute atomic E-state index is 12.6. The van der Waals surface area contributed by atoms with Crippen LogP contribution in [0.15, 0.2) is 70.1 Å². The van der Waals surface area contributed by atoms with Gasteiger partial charge in [0, 0.05) is 31.0 Å². The number of amides is 1. The quantitative estimate of drug-likeness (QED) is 0.685. The summed E-state index contributed by atoms with van der Waals surface area (Å²) in [6, 6.07) is 13.7. The van der Waals surface area contributed by atoms with Crippen LogP contribution in [0.4, 0.5) is 0 Å². The van der Waals surface area contributed by atoms with E-state index in [1.807, 2.05) is 29.2 Å². The van der Waals surface area contributed by atoms with Crippen molar-refractivity contribution >= 4 is 12.0 Å². The zero-order chi connectivity index (χ0) is 17.1. The van der Waals surface area contributed by atoms with Gasteiger partial charge in [-0.25, -0.2) is 0 Å². The molecule has 126 valence electrons. The molecule has 1 amide bonds. The van der Waals surface area contributed by atoms with Gasteiger partial charge in [-0.1, -0.05) is 35.5 Å². The zero-order valence-corrected chi connectivity index (χ0v) is 13.5. The molecule has 6 nitrogen and oxygen atoms in total. The molecule has 0 unspecified atom stereocenters. The fraction of sp³-hybridized carbons (Fsp3) is 0.211. The number of likely N-dealkylation sites (tertiary alicyclic amines) is 1. The van der Waals surface area contributed by atoms with Gasteiger partial charge in [-0.3, -0.25) is 4.79 Å². The van der Waals surface area contributed by atoms with Crippen LogP contribution in [-0.4, -0.2) is 34.0 Å². The molecule has 2 atom stereocenters. The SMILES string of the molecule is O=C(/C=C/c1ccco1)N1C[C@H](c2ccccc2)[C@@H](c2ncon2)C1. The highest BCUT2D eigenvalue weighted by atomic mass is 16.5. The van der Waals surface area contributed by atoms with E-state index in [4.69, 9.17) is 8.94 Å². The summed E-state index contributed by atoms with van der Waals surface area (Å²) in [4.78, 5) is 18.6. The minimum atomic E-state index is -0.0525. The first-order chi connectivity index (χ1) is 12.3. The van der Waals surface area contributed by atoms with Crippen molar-refractivity contribution < 1.29 is 13.7 Å². The second-order valence-electron chi connectivity index (χ2n) is 6.01. The summed E-state index contributed by atoms with van der Waals surface area (Å²) < 4.78 is 10.1. The molecule has 1 saturated heterocycles. The first kappa shape index (κ1) is 15.4. The topological polar surface area (TPSA) is 72.4 Å². The molecule has 2 aromatic heterocycles. The second-order valence-corrected chi connectivity index (χ2v) is 6.01. The minimum Gasteiger partial charge on any atom is -0.465 e. The highest BCUT2D eigenvalue weighted by molar-refractivity contribution is 5.91. The molecule has 1 aliphatic heterocycles. The molecule has 6 heteroatoms. The number of rotatable bonds is 4. The number of furan rings is 1. The van der Waals surface area contributed by atoms with Gasteiger partial charge >= 0.3 is 0 Å². The third-order valence-electron chi connectivity index (χ3n) is 4.50. The fourth-order valence-corrected chi connectivity index (χ4v) is 3.27. The lowest BCUT2D eigenvalue weighted by Gasteiger charge is -2.15. The van der Waals surface area contributed by atoms with Crippen LogP contribution in [0, 0.1) is 0 Å². The maximum Gasteiger partial charge on any atom is 0.246 e. The molecule has 0 radical (unpaired) electrons. The van der Waals surface area contributed by atoms with Crippen LogP contribution >= 0.6 is 0 Å². The van der Waals surface area contributed by atoms with Crippen molar-refractivity contribution in [2.24, 2.45) is 0 Å². The van der Waals surface area contributed by atoms with E-state index in [0.29, 0.717) is 24.7 Å². The van der Waals surface area contributed by atoms with Crippen LogP contribution in [-0.2, 0) is 4.79 Å². The highest BCUT2D eigenvalue weighted by Crippen LogP contribution is 2.38. The predicted molar refractivity (Wildman–Crippen MR) is 90.5 cm³/mol. The smallest absolute Gasteiger partial charge is 0.246 e. The van der Waals surface area contributed by atoms with Gasteiger partial charge in [0.1, 0.15) is 5.76 Å². The van der Waals surface area contributed by atoms with Gasteiger partial charge in [0.2, 0.25) is 12.3 Å². The largest absolute Gasteiger partial charge is 0.465 e. The van der Waals surface area contributed by atoms with Gasteiger partial charge in [0.15, 0.2) is 5.82 Å². The highest BCUT2D eigenvalue weighted by Gasteiger charge is 2.38. The molecule has 1 fully saturated rings. The average molecular weight is 335 g/mol. The second kappa shape index (κ2) is 6.76. The lowest BCUT2D eigenvalue weighted by atomic mass is 9.88. The summed E-state index contributed by atoms with van der Waals surface area (Å²) in [6.45, 7) is 1.17. The van der Waals surface area contributed by atoms with Crippen LogP contribution in [0.5, 0.6) is 0 Å². The Balaban J connectivity index is 1.56. The molecule has 3 aromatic rings. The third kappa shape index (κ3) is 3.24. The first-order valence-corrected chi connectivity index (χ1v) is 8.13. The molecule has 0 spiro atoms. The lowest BCUT2D eigenvalue weighted by molar-refractivity contribution is -0.125. The van der Waals surface area contributed by atoms with E-state index in [1.165, 1.54) is 12.0 Å². The van der Waals surface area contributed by atoms with E-state index >= 15 is 0 Å². The molecule has 0 saturated carbocycles. The molecule has 0 aliphatic carbocycles. The molecular weight excluding hydrogens is 318 g/mol. The summed E-state index contributed by atoms with van der Waals surface area (Å²) in [5.41, 5.74) is 1.17. The van der Waals surface area contributed by atoms with E-state index in [1.54, 1.807) is 24.5 Å². The van der Waals surface area contributed by atoms with E-state index in [0.717, 1.165) is 0 Å². The number of nitrogens with zero attached hydrogens (tertiary/aromatic N) is 3.